The number of rotatable bonds is 6. The number of hydrogen-bond acceptors (Lipinski definition) is 3. The quantitative estimate of drug-likeness (QED) is 0.804. The number of carbonyl (C=O) groups excluding carboxylic acids is 2. The van der Waals surface area contributed by atoms with E-state index in [1.807, 2.05) is 0 Å². The van der Waals surface area contributed by atoms with Crippen LogP contribution in [0, 0.1) is 0 Å². The molecule has 0 aromatic heterocycles. The average Bonchev–Trinajstić information content (AvgIpc) is 3.23. The number of carboxylic acid groups (broad SMARTS) is 1. The summed E-state index contributed by atoms with van der Waals surface area (Å²) < 4.78 is 0. The van der Waals surface area contributed by atoms with Gasteiger partial charge in [-0.3, -0.25) is 14.4 Å². The maximum Gasteiger partial charge on any atom is 0.305 e. The van der Waals surface area contributed by atoms with E-state index in [1.165, 1.54) is 12.1 Å². The predicted molar refractivity (Wildman–Crippen MR) is 71.3 cm³/mol. The third-order valence-electron chi connectivity index (χ3n) is 3.21. The largest absolute Gasteiger partial charge is 0.481 e. The molecule has 0 unspecified atom stereocenters. The van der Waals surface area contributed by atoms with Gasteiger partial charge >= 0.3 is 5.97 Å². The molecule has 0 spiro atoms. The number of nitrogens with zero attached hydrogens (tertiary/aromatic N) is 1. The zero-order chi connectivity index (χ0) is 14.7. The lowest BCUT2D eigenvalue weighted by molar-refractivity contribution is -0.137. The lowest BCUT2D eigenvalue weighted by atomic mass is 10.1. The lowest BCUT2D eigenvalue weighted by Crippen LogP contribution is -2.35. The predicted octanol–water partition coefficient (Wildman–Crippen LogP) is 0.865. The topological polar surface area (TPSA) is 101 Å². The summed E-state index contributed by atoms with van der Waals surface area (Å²) in [6.07, 6.45) is 1.69. The highest BCUT2D eigenvalue weighted by Crippen LogP contribution is 2.28. The molecule has 1 aliphatic carbocycles. The Morgan fingerprint density at radius 1 is 1.25 bits per heavy atom. The molecule has 0 aliphatic heterocycles. The molecule has 106 valence electrons. The van der Waals surface area contributed by atoms with Crippen molar-refractivity contribution in [3.8, 4) is 0 Å². The number of benzene rings is 1. The van der Waals surface area contributed by atoms with Crippen molar-refractivity contribution < 1.29 is 19.5 Å². The van der Waals surface area contributed by atoms with Crippen LogP contribution in [0.15, 0.2) is 24.3 Å². The van der Waals surface area contributed by atoms with Gasteiger partial charge < -0.3 is 15.7 Å². The Kier molecular flexibility index (Phi) is 4.02. The Hall–Kier alpha value is -2.37. The first kappa shape index (κ1) is 14.0. The van der Waals surface area contributed by atoms with E-state index in [2.05, 4.69) is 0 Å². The molecular weight excluding hydrogens is 260 g/mol. The molecule has 0 atom stereocenters. The van der Waals surface area contributed by atoms with Crippen molar-refractivity contribution in [3.63, 3.8) is 0 Å². The van der Waals surface area contributed by atoms with Crippen LogP contribution in [0.4, 0.5) is 0 Å². The third-order valence-corrected chi connectivity index (χ3v) is 3.21. The van der Waals surface area contributed by atoms with Crippen molar-refractivity contribution in [2.24, 2.45) is 5.73 Å². The van der Waals surface area contributed by atoms with E-state index in [0.29, 0.717) is 5.56 Å². The van der Waals surface area contributed by atoms with Crippen molar-refractivity contribution in [3.05, 3.63) is 35.4 Å². The minimum atomic E-state index is -0.936. The lowest BCUT2D eigenvalue weighted by Gasteiger charge is -2.21. The summed E-state index contributed by atoms with van der Waals surface area (Å²) in [6.45, 7) is 0.180. The van der Waals surface area contributed by atoms with E-state index >= 15 is 0 Å². The van der Waals surface area contributed by atoms with Crippen molar-refractivity contribution in [2.75, 3.05) is 6.54 Å². The highest BCUT2D eigenvalue weighted by molar-refractivity contribution is 5.99. The summed E-state index contributed by atoms with van der Waals surface area (Å²) in [5.41, 5.74) is 5.82. The van der Waals surface area contributed by atoms with Crippen molar-refractivity contribution >= 4 is 17.8 Å². The Labute approximate surface area is 116 Å². The van der Waals surface area contributed by atoms with E-state index in [-0.39, 0.29) is 30.5 Å². The molecule has 1 aromatic rings. The smallest absolute Gasteiger partial charge is 0.305 e. The van der Waals surface area contributed by atoms with Crippen LogP contribution < -0.4 is 5.73 Å². The number of hydrogen-bond donors (Lipinski definition) is 2. The summed E-state index contributed by atoms with van der Waals surface area (Å²) in [4.78, 5) is 35.7. The van der Waals surface area contributed by atoms with Crippen LogP contribution in [0.2, 0.25) is 0 Å². The standard InChI is InChI=1S/C14H16N2O4/c15-13(19)9-2-1-3-10(8-9)14(20)16(11-4-5-11)7-6-12(17)18/h1-3,8,11H,4-7H2,(H2,15,19)(H,17,18). The van der Waals surface area contributed by atoms with E-state index in [9.17, 15) is 14.4 Å². The zero-order valence-electron chi connectivity index (χ0n) is 10.9. The summed E-state index contributed by atoms with van der Waals surface area (Å²) >= 11 is 0. The van der Waals surface area contributed by atoms with Gasteiger partial charge in [0.2, 0.25) is 5.91 Å². The molecule has 2 rings (SSSR count). The van der Waals surface area contributed by atoms with E-state index in [4.69, 9.17) is 10.8 Å². The molecular formula is C14H16N2O4. The summed E-state index contributed by atoms with van der Waals surface area (Å²) in [5, 5.41) is 8.73. The second-order valence-corrected chi connectivity index (χ2v) is 4.82. The van der Waals surface area contributed by atoms with Gasteiger partial charge in [-0.25, -0.2) is 0 Å². The number of primary amides is 1. The van der Waals surface area contributed by atoms with Gasteiger partial charge in [0.25, 0.3) is 5.91 Å². The molecule has 2 amide bonds. The molecule has 3 N–H and O–H groups in total. The molecule has 1 fully saturated rings. The molecule has 1 aliphatic rings. The zero-order valence-corrected chi connectivity index (χ0v) is 10.9. The summed E-state index contributed by atoms with van der Waals surface area (Å²) in [6, 6.07) is 6.29. The third kappa shape index (κ3) is 3.34. The van der Waals surface area contributed by atoms with E-state index < -0.39 is 11.9 Å². The number of carbonyl (C=O) groups is 3. The van der Waals surface area contributed by atoms with Crippen LogP contribution >= 0.6 is 0 Å². The number of aliphatic carboxylic acids is 1. The first-order valence-corrected chi connectivity index (χ1v) is 6.41. The molecule has 1 saturated carbocycles. The normalized spacial score (nSPS) is 13.8. The van der Waals surface area contributed by atoms with Crippen molar-refractivity contribution in [1.29, 1.82) is 0 Å². The van der Waals surface area contributed by atoms with Crippen LogP contribution in [0.5, 0.6) is 0 Å². The molecule has 0 saturated heterocycles. The van der Waals surface area contributed by atoms with Gasteiger partial charge in [-0.1, -0.05) is 6.07 Å². The number of nitrogens with two attached hydrogens (primary N) is 1. The van der Waals surface area contributed by atoms with E-state index in [1.54, 1.807) is 17.0 Å². The summed E-state index contributed by atoms with van der Waals surface area (Å²) in [7, 11) is 0. The fraction of sp³-hybridized carbons (Fsp3) is 0.357. The first-order valence-electron chi connectivity index (χ1n) is 6.41. The second-order valence-electron chi connectivity index (χ2n) is 4.82. The maximum atomic E-state index is 12.4. The van der Waals surface area contributed by atoms with Gasteiger partial charge in [0.05, 0.1) is 6.42 Å². The molecule has 0 heterocycles. The Balaban J connectivity index is 2.16. The second kappa shape index (κ2) is 5.73. The number of carboxylic acids is 1. The van der Waals surface area contributed by atoms with Crippen molar-refractivity contribution in [1.82, 2.24) is 4.90 Å². The van der Waals surface area contributed by atoms with Gasteiger partial charge in [0.1, 0.15) is 0 Å². The fourth-order valence-corrected chi connectivity index (χ4v) is 2.02. The Bertz CT molecular complexity index is 552. The van der Waals surface area contributed by atoms with Crippen LogP contribution in [0.3, 0.4) is 0 Å². The van der Waals surface area contributed by atoms with E-state index in [0.717, 1.165) is 12.8 Å². The average molecular weight is 276 g/mol. The minimum Gasteiger partial charge on any atom is -0.481 e. The SMILES string of the molecule is NC(=O)c1cccc(C(=O)N(CCC(=O)O)C2CC2)c1. The van der Waals surface area contributed by atoms with Crippen LogP contribution in [0.1, 0.15) is 40.0 Å². The molecule has 6 heteroatoms. The maximum absolute atomic E-state index is 12.4. The molecule has 0 radical (unpaired) electrons. The van der Waals surface area contributed by atoms with Crippen LogP contribution in [-0.4, -0.2) is 40.4 Å². The highest BCUT2D eigenvalue weighted by Gasteiger charge is 2.33. The Morgan fingerprint density at radius 3 is 2.45 bits per heavy atom. The fourth-order valence-electron chi connectivity index (χ4n) is 2.02. The van der Waals surface area contributed by atoms with Crippen molar-refractivity contribution in [2.45, 2.75) is 25.3 Å². The van der Waals surface area contributed by atoms with Gasteiger partial charge in [0.15, 0.2) is 0 Å². The first-order chi connectivity index (χ1) is 9.49. The van der Waals surface area contributed by atoms with Gasteiger partial charge in [-0.2, -0.15) is 0 Å². The molecule has 1 aromatic carbocycles. The van der Waals surface area contributed by atoms with Gasteiger partial charge in [-0.05, 0) is 31.0 Å². The Morgan fingerprint density at radius 2 is 1.90 bits per heavy atom. The number of amides is 2. The molecule has 20 heavy (non-hydrogen) atoms. The van der Waals surface area contributed by atoms with Crippen LogP contribution in [-0.2, 0) is 4.79 Å². The highest BCUT2D eigenvalue weighted by atomic mass is 16.4. The minimum absolute atomic E-state index is 0.0856. The molecule has 6 nitrogen and oxygen atoms in total. The van der Waals surface area contributed by atoms with Gasteiger partial charge in [-0.15, -0.1) is 0 Å². The summed E-state index contributed by atoms with van der Waals surface area (Å²) in [5.74, 6) is -1.78. The molecule has 0 bridgehead atoms. The van der Waals surface area contributed by atoms with Gasteiger partial charge in [0, 0.05) is 23.7 Å². The monoisotopic (exact) mass is 276 g/mol. The van der Waals surface area contributed by atoms with Crippen LogP contribution in [0.25, 0.3) is 0 Å².